The van der Waals surface area contributed by atoms with Crippen molar-refractivity contribution in [2.45, 2.75) is 66.1 Å². The fourth-order valence-corrected chi connectivity index (χ4v) is 4.01. The second-order valence-electron chi connectivity index (χ2n) is 6.71. The molecule has 3 atom stereocenters. The minimum Gasteiger partial charge on any atom is -0.311 e. The summed E-state index contributed by atoms with van der Waals surface area (Å²) in [5, 5.41) is 5.05. The molecule has 1 N–H and O–H groups in total. The summed E-state index contributed by atoms with van der Waals surface area (Å²) in [5.74, 6) is 1.42. The van der Waals surface area contributed by atoms with Gasteiger partial charge in [0, 0.05) is 36.2 Å². The number of piperazine rings is 1. The Bertz CT molecular complexity index is 429. The number of rotatable bonds is 6. The van der Waals surface area contributed by atoms with E-state index < -0.39 is 0 Å². The van der Waals surface area contributed by atoms with Gasteiger partial charge in [0.1, 0.15) is 5.01 Å². The van der Waals surface area contributed by atoms with E-state index in [4.69, 9.17) is 0 Å². The molecular weight excluding hydrogens is 278 g/mol. The number of aromatic nitrogens is 1. The average molecular weight is 310 g/mol. The number of hydrogen-bond acceptors (Lipinski definition) is 4. The molecule has 1 aliphatic heterocycles. The van der Waals surface area contributed by atoms with Crippen molar-refractivity contribution in [1.82, 2.24) is 15.2 Å². The molecule has 1 aromatic heterocycles. The topological polar surface area (TPSA) is 28.2 Å². The van der Waals surface area contributed by atoms with E-state index >= 15 is 0 Å². The van der Waals surface area contributed by atoms with E-state index in [-0.39, 0.29) is 0 Å². The second kappa shape index (κ2) is 7.70. The molecule has 0 bridgehead atoms. The number of thiazole rings is 1. The average Bonchev–Trinajstić information content (AvgIpc) is 2.93. The predicted molar refractivity (Wildman–Crippen MR) is 91.8 cm³/mol. The van der Waals surface area contributed by atoms with Crippen molar-refractivity contribution < 1.29 is 0 Å². The molecule has 3 unspecified atom stereocenters. The van der Waals surface area contributed by atoms with Gasteiger partial charge < -0.3 is 5.32 Å². The molecule has 1 saturated heterocycles. The van der Waals surface area contributed by atoms with Crippen molar-refractivity contribution in [3.8, 4) is 0 Å². The van der Waals surface area contributed by atoms with E-state index in [9.17, 15) is 0 Å². The lowest BCUT2D eigenvalue weighted by atomic mass is 9.92. The molecule has 0 spiro atoms. The molecule has 3 nitrogen and oxygen atoms in total. The van der Waals surface area contributed by atoms with E-state index in [0.717, 1.165) is 32.0 Å². The Kier molecular flexibility index (Phi) is 6.20. The van der Waals surface area contributed by atoms with Crippen LogP contribution >= 0.6 is 11.3 Å². The Balaban J connectivity index is 2.06. The molecule has 0 radical (unpaired) electrons. The molecule has 2 rings (SSSR count). The molecule has 2 heterocycles. The fraction of sp³-hybridized carbons (Fsp3) is 0.824. The number of nitrogens with zero attached hydrogens (tertiary/aromatic N) is 2. The largest absolute Gasteiger partial charge is 0.311 e. The maximum Gasteiger partial charge on any atom is 0.107 e. The highest BCUT2D eigenvalue weighted by Gasteiger charge is 2.32. The van der Waals surface area contributed by atoms with Crippen LogP contribution in [0.1, 0.15) is 50.9 Å². The SMILES string of the molecule is CCc1cnc(CN2CC(C(C)CC)NCC2C(C)C)s1. The van der Waals surface area contributed by atoms with Crippen LogP contribution in [0.25, 0.3) is 0 Å². The molecule has 1 aromatic rings. The smallest absolute Gasteiger partial charge is 0.107 e. The van der Waals surface area contributed by atoms with E-state index in [1.807, 2.05) is 11.3 Å². The van der Waals surface area contributed by atoms with Crippen LogP contribution in [0.3, 0.4) is 0 Å². The lowest BCUT2D eigenvalue weighted by molar-refractivity contribution is 0.0752. The first-order valence-electron chi connectivity index (χ1n) is 8.46. The summed E-state index contributed by atoms with van der Waals surface area (Å²) in [7, 11) is 0. The maximum atomic E-state index is 4.62. The quantitative estimate of drug-likeness (QED) is 0.871. The van der Waals surface area contributed by atoms with Crippen molar-refractivity contribution >= 4 is 11.3 Å². The molecule has 1 fully saturated rings. The Hall–Kier alpha value is -0.450. The first kappa shape index (κ1) is 16.9. The summed E-state index contributed by atoms with van der Waals surface area (Å²) in [6, 6.07) is 1.25. The van der Waals surface area contributed by atoms with E-state index in [1.54, 1.807) is 0 Å². The molecule has 0 saturated carbocycles. The van der Waals surface area contributed by atoms with Crippen molar-refractivity contribution in [3.05, 3.63) is 16.1 Å². The molecule has 21 heavy (non-hydrogen) atoms. The van der Waals surface area contributed by atoms with E-state index in [2.05, 4.69) is 56.0 Å². The minimum absolute atomic E-state index is 0.621. The van der Waals surface area contributed by atoms with Gasteiger partial charge in [-0.2, -0.15) is 0 Å². The first-order valence-corrected chi connectivity index (χ1v) is 9.27. The zero-order valence-electron chi connectivity index (χ0n) is 14.2. The number of aryl methyl sites for hydroxylation is 1. The minimum atomic E-state index is 0.621. The third kappa shape index (κ3) is 4.27. The van der Waals surface area contributed by atoms with Gasteiger partial charge in [-0.05, 0) is 18.3 Å². The lowest BCUT2D eigenvalue weighted by Gasteiger charge is -2.43. The summed E-state index contributed by atoms with van der Waals surface area (Å²) in [5.41, 5.74) is 0. The van der Waals surface area contributed by atoms with Crippen molar-refractivity contribution in [1.29, 1.82) is 0 Å². The first-order chi connectivity index (χ1) is 10.0. The number of nitrogens with one attached hydrogen (secondary N) is 1. The summed E-state index contributed by atoms with van der Waals surface area (Å²) < 4.78 is 0. The fourth-order valence-electron chi connectivity index (χ4n) is 3.12. The van der Waals surface area contributed by atoms with Gasteiger partial charge in [0.05, 0.1) is 6.54 Å². The van der Waals surface area contributed by atoms with Gasteiger partial charge in [0.25, 0.3) is 0 Å². The van der Waals surface area contributed by atoms with Gasteiger partial charge in [-0.25, -0.2) is 4.98 Å². The highest BCUT2D eigenvalue weighted by Crippen LogP contribution is 2.23. The standard InChI is InChI=1S/C17H31N3S/c1-6-13(5)15-10-20(16(9-18-15)12(3)4)11-17-19-8-14(7-2)21-17/h8,12-13,15-16,18H,6-7,9-11H2,1-5H3. The van der Waals surface area contributed by atoms with E-state index in [1.165, 1.54) is 16.3 Å². The summed E-state index contributed by atoms with van der Waals surface area (Å²) in [6.07, 6.45) is 4.40. The van der Waals surface area contributed by atoms with Gasteiger partial charge >= 0.3 is 0 Å². The monoisotopic (exact) mass is 309 g/mol. The highest BCUT2D eigenvalue weighted by atomic mass is 32.1. The van der Waals surface area contributed by atoms with Crippen LogP contribution in [0.15, 0.2) is 6.20 Å². The molecule has 1 aliphatic rings. The van der Waals surface area contributed by atoms with Crippen molar-refractivity contribution in [2.75, 3.05) is 13.1 Å². The van der Waals surface area contributed by atoms with Gasteiger partial charge in [0.2, 0.25) is 0 Å². The van der Waals surface area contributed by atoms with Gasteiger partial charge in [-0.15, -0.1) is 11.3 Å². The predicted octanol–water partition coefficient (Wildman–Crippen LogP) is 3.55. The molecular formula is C17H31N3S. The summed E-state index contributed by atoms with van der Waals surface area (Å²) in [4.78, 5) is 8.69. The molecule has 4 heteroatoms. The Morgan fingerprint density at radius 2 is 2.14 bits per heavy atom. The zero-order chi connectivity index (χ0) is 15.4. The second-order valence-corrected chi connectivity index (χ2v) is 7.91. The van der Waals surface area contributed by atoms with Gasteiger partial charge in [-0.3, -0.25) is 4.90 Å². The van der Waals surface area contributed by atoms with Gasteiger partial charge in [-0.1, -0.05) is 41.0 Å². The van der Waals surface area contributed by atoms with Crippen LogP contribution in [-0.2, 0) is 13.0 Å². The lowest BCUT2D eigenvalue weighted by Crippen LogP contribution is -2.59. The van der Waals surface area contributed by atoms with Crippen LogP contribution in [0.4, 0.5) is 0 Å². The van der Waals surface area contributed by atoms with Crippen molar-refractivity contribution in [3.63, 3.8) is 0 Å². The van der Waals surface area contributed by atoms with Crippen molar-refractivity contribution in [2.24, 2.45) is 11.8 Å². The Morgan fingerprint density at radius 3 is 2.71 bits per heavy atom. The van der Waals surface area contributed by atoms with Crippen LogP contribution in [0.5, 0.6) is 0 Å². The molecule has 0 aliphatic carbocycles. The number of hydrogen-bond donors (Lipinski definition) is 1. The summed E-state index contributed by atoms with van der Waals surface area (Å²) >= 11 is 1.88. The van der Waals surface area contributed by atoms with Crippen LogP contribution in [-0.4, -0.2) is 35.1 Å². The molecule has 120 valence electrons. The van der Waals surface area contributed by atoms with E-state index in [0.29, 0.717) is 18.0 Å². The van der Waals surface area contributed by atoms with Crippen LogP contribution in [0.2, 0.25) is 0 Å². The molecule has 0 aromatic carbocycles. The zero-order valence-corrected chi connectivity index (χ0v) is 15.0. The van der Waals surface area contributed by atoms with Crippen LogP contribution < -0.4 is 5.32 Å². The molecule has 0 amide bonds. The Morgan fingerprint density at radius 1 is 1.38 bits per heavy atom. The third-order valence-corrected chi connectivity index (χ3v) is 6.00. The van der Waals surface area contributed by atoms with Crippen LogP contribution in [0, 0.1) is 11.8 Å². The normalized spacial score (nSPS) is 25.4. The van der Waals surface area contributed by atoms with Gasteiger partial charge in [0.15, 0.2) is 0 Å². The third-order valence-electron chi connectivity index (χ3n) is 4.88. The Labute approximate surface area is 134 Å². The summed E-state index contributed by atoms with van der Waals surface area (Å²) in [6.45, 7) is 14.8. The maximum absolute atomic E-state index is 4.62. The highest BCUT2D eigenvalue weighted by molar-refractivity contribution is 7.11.